The summed E-state index contributed by atoms with van der Waals surface area (Å²) in [6, 6.07) is 15.5. The summed E-state index contributed by atoms with van der Waals surface area (Å²) in [6.07, 6.45) is 4.74. The lowest BCUT2D eigenvalue weighted by atomic mass is 10.1. The van der Waals surface area contributed by atoms with Crippen LogP contribution in [-0.4, -0.2) is 34.1 Å². The molecule has 0 aliphatic heterocycles. The van der Waals surface area contributed by atoms with E-state index < -0.39 is 11.9 Å². The number of methoxy groups -OCH3 is 1. The van der Waals surface area contributed by atoms with Crippen molar-refractivity contribution in [2.24, 2.45) is 0 Å². The second kappa shape index (κ2) is 9.36. The molecule has 1 amide bonds. The molecule has 0 radical (unpaired) electrons. The van der Waals surface area contributed by atoms with Crippen LogP contribution in [0.4, 0.5) is 5.82 Å². The van der Waals surface area contributed by atoms with Crippen molar-refractivity contribution in [3.05, 3.63) is 95.6 Å². The van der Waals surface area contributed by atoms with E-state index in [2.05, 4.69) is 32.3 Å². The highest BCUT2D eigenvalue weighted by atomic mass is 16.5. The van der Waals surface area contributed by atoms with Gasteiger partial charge in [0, 0.05) is 35.2 Å². The highest BCUT2D eigenvalue weighted by Crippen LogP contribution is 2.23. The second-order valence-electron chi connectivity index (χ2n) is 6.52. The van der Waals surface area contributed by atoms with Crippen LogP contribution in [0.1, 0.15) is 32.0 Å². The monoisotopic (exact) mass is 424 g/mol. The first-order valence-electron chi connectivity index (χ1n) is 9.47. The summed E-state index contributed by atoms with van der Waals surface area (Å²) >= 11 is 0. The van der Waals surface area contributed by atoms with E-state index in [4.69, 9.17) is 9.26 Å². The number of nitrogens with zero attached hydrogens (tertiary/aromatic N) is 3. The Morgan fingerprint density at radius 1 is 1.00 bits per heavy atom. The van der Waals surface area contributed by atoms with Crippen LogP contribution in [0, 0.1) is 11.8 Å². The fraction of sp³-hybridized carbons (Fsp3) is 0.0417. The lowest BCUT2D eigenvalue weighted by Crippen LogP contribution is -2.13. The summed E-state index contributed by atoms with van der Waals surface area (Å²) in [5, 5.41) is 6.11. The summed E-state index contributed by atoms with van der Waals surface area (Å²) in [5.74, 6) is 5.22. The second-order valence-corrected chi connectivity index (χ2v) is 6.52. The van der Waals surface area contributed by atoms with Crippen LogP contribution >= 0.6 is 0 Å². The summed E-state index contributed by atoms with van der Waals surface area (Å²) < 4.78 is 9.67. The van der Waals surface area contributed by atoms with Crippen LogP contribution in [0.5, 0.6) is 0 Å². The third-order valence-electron chi connectivity index (χ3n) is 4.34. The molecule has 3 aromatic heterocycles. The highest BCUT2D eigenvalue weighted by molar-refractivity contribution is 6.02. The molecule has 0 aliphatic rings. The van der Waals surface area contributed by atoms with Crippen LogP contribution in [0.25, 0.3) is 11.3 Å². The zero-order valence-electron chi connectivity index (χ0n) is 16.9. The molecular weight excluding hydrogens is 408 g/mol. The minimum Gasteiger partial charge on any atom is -0.465 e. The average molecular weight is 424 g/mol. The first kappa shape index (κ1) is 20.5. The van der Waals surface area contributed by atoms with Gasteiger partial charge in [0.15, 0.2) is 0 Å². The molecule has 4 rings (SSSR count). The number of anilines is 1. The maximum Gasteiger partial charge on any atom is 0.338 e. The SMILES string of the molecule is COC(=O)c1cc(NC(=O)c2ccno2)nc(-c2ccc(C#Cc3cccnc3)cc2)c1. The maximum atomic E-state index is 12.3. The normalized spacial score (nSPS) is 10.0. The van der Waals surface area contributed by atoms with Crippen LogP contribution in [-0.2, 0) is 4.74 Å². The number of ether oxygens (including phenoxy) is 1. The first-order valence-corrected chi connectivity index (χ1v) is 9.47. The molecule has 8 heteroatoms. The van der Waals surface area contributed by atoms with Gasteiger partial charge in [-0.3, -0.25) is 9.78 Å². The van der Waals surface area contributed by atoms with Gasteiger partial charge in [0.25, 0.3) is 5.91 Å². The van der Waals surface area contributed by atoms with Gasteiger partial charge in [-0.25, -0.2) is 9.78 Å². The van der Waals surface area contributed by atoms with Gasteiger partial charge in [-0.05, 0) is 36.4 Å². The topological polar surface area (TPSA) is 107 Å². The molecule has 0 saturated carbocycles. The smallest absolute Gasteiger partial charge is 0.338 e. The van der Waals surface area contributed by atoms with Crippen molar-refractivity contribution < 1.29 is 18.8 Å². The van der Waals surface area contributed by atoms with Gasteiger partial charge in [-0.2, -0.15) is 0 Å². The number of nitrogens with one attached hydrogen (secondary N) is 1. The van der Waals surface area contributed by atoms with E-state index in [9.17, 15) is 9.59 Å². The van der Waals surface area contributed by atoms with E-state index >= 15 is 0 Å². The molecule has 0 bridgehead atoms. The van der Waals surface area contributed by atoms with Crippen molar-refractivity contribution in [2.45, 2.75) is 0 Å². The molecule has 0 aliphatic carbocycles. The molecule has 1 N–H and O–H groups in total. The molecule has 3 heterocycles. The Bertz CT molecular complexity index is 1310. The van der Waals surface area contributed by atoms with Gasteiger partial charge >= 0.3 is 5.97 Å². The molecular formula is C24H16N4O4. The number of aromatic nitrogens is 3. The summed E-state index contributed by atoms with van der Waals surface area (Å²) in [4.78, 5) is 32.9. The summed E-state index contributed by atoms with van der Waals surface area (Å²) in [6.45, 7) is 0. The maximum absolute atomic E-state index is 12.3. The number of hydrogen-bond donors (Lipinski definition) is 1. The number of amides is 1. The Hall–Kier alpha value is -4.77. The van der Waals surface area contributed by atoms with Crippen molar-refractivity contribution in [3.8, 4) is 23.1 Å². The third kappa shape index (κ3) is 4.86. The number of esters is 1. The Kier molecular flexibility index (Phi) is 6.00. The predicted molar refractivity (Wildman–Crippen MR) is 116 cm³/mol. The molecule has 1 aromatic carbocycles. The highest BCUT2D eigenvalue weighted by Gasteiger charge is 2.15. The minimum absolute atomic E-state index is 0.0216. The van der Waals surface area contributed by atoms with Crippen LogP contribution in [0.15, 0.2) is 77.7 Å². The van der Waals surface area contributed by atoms with E-state index in [-0.39, 0.29) is 17.1 Å². The van der Waals surface area contributed by atoms with E-state index in [1.165, 1.54) is 25.4 Å². The van der Waals surface area contributed by atoms with Crippen molar-refractivity contribution in [3.63, 3.8) is 0 Å². The number of pyridine rings is 2. The number of hydrogen-bond acceptors (Lipinski definition) is 7. The molecule has 0 atom stereocenters. The van der Waals surface area contributed by atoms with E-state index in [1.54, 1.807) is 18.5 Å². The average Bonchev–Trinajstić information content (AvgIpc) is 3.38. The lowest BCUT2D eigenvalue weighted by Gasteiger charge is -2.09. The van der Waals surface area contributed by atoms with Gasteiger partial charge in [-0.1, -0.05) is 29.1 Å². The number of benzene rings is 1. The molecule has 0 spiro atoms. The van der Waals surface area contributed by atoms with Gasteiger partial charge in [0.05, 0.1) is 24.6 Å². The largest absolute Gasteiger partial charge is 0.465 e. The van der Waals surface area contributed by atoms with Crippen molar-refractivity contribution in [1.29, 1.82) is 0 Å². The Morgan fingerprint density at radius 2 is 1.81 bits per heavy atom. The van der Waals surface area contributed by atoms with Crippen molar-refractivity contribution >= 4 is 17.7 Å². The van der Waals surface area contributed by atoms with Crippen LogP contribution < -0.4 is 5.32 Å². The zero-order valence-corrected chi connectivity index (χ0v) is 16.9. The standard InChI is InChI=1S/C24H16N4O4/c1-31-24(30)19-13-20(27-22(14-19)28-23(29)21-10-12-26-32-21)18-8-6-16(7-9-18)4-5-17-3-2-11-25-15-17/h2-3,6-15H,1H3,(H,27,28,29). The first-order chi connectivity index (χ1) is 15.6. The summed E-state index contributed by atoms with van der Waals surface area (Å²) in [5.41, 5.74) is 3.08. The molecule has 0 saturated heterocycles. The Morgan fingerprint density at radius 3 is 2.50 bits per heavy atom. The molecule has 8 nitrogen and oxygen atoms in total. The van der Waals surface area contributed by atoms with E-state index in [0.29, 0.717) is 5.69 Å². The number of carbonyl (C=O) groups is 2. The van der Waals surface area contributed by atoms with Gasteiger partial charge in [0.2, 0.25) is 5.76 Å². The van der Waals surface area contributed by atoms with Gasteiger partial charge in [0.1, 0.15) is 5.82 Å². The Balaban J connectivity index is 1.62. The van der Waals surface area contributed by atoms with Crippen molar-refractivity contribution in [1.82, 2.24) is 15.1 Å². The fourth-order valence-corrected chi connectivity index (χ4v) is 2.79. The van der Waals surface area contributed by atoms with Crippen molar-refractivity contribution in [2.75, 3.05) is 12.4 Å². The van der Waals surface area contributed by atoms with E-state index in [0.717, 1.165) is 16.7 Å². The summed E-state index contributed by atoms with van der Waals surface area (Å²) in [7, 11) is 1.28. The quantitative estimate of drug-likeness (QED) is 0.394. The zero-order chi connectivity index (χ0) is 22.3. The molecule has 4 aromatic rings. The predicted octanol–water partition coefficient (Wildman–Crippen LogP) is 3.57. The third-order valence-corrected chi connectivity index (χ3v) is 4.34. The van der Waals surface area contributed by atoms with Crippen LogP contribution in [0.3, 0.4) is 0 Å². The molecule has 0 unspecified atom stereocenters. The number of carbonyl (C=O) groups excluding carboxylic acids is 2. The lowest BCUT2D eigenvalue weighted by molar-refractivity contribution is 0.0600. The van der Waals surface area contributed by atoms with E-state index in [1.807, 2.05) is 36.4 Å². The fourth-order valence-electron chi connectivity index (χ4n) is 2.79. The molecule has 32 heavy (non-hydrogen) atoms. The Labute approximate surface area is 183 Å². The minimum atomic E-state index is -0.553. The molecule has 0 fully saturated rings. The van der Waals surface area contributed by atoms with Gasteiger partial charge in [-0.15, -0.1) is 0 Å². The van der Waals surface area contributed by atoms with Crippen LogP contribution in [0.2, 0.25) is 0 Å². The molecule has 156 valence electrons. The van der Waals surface area contributed by atoms with Gasteiger partial charge < -0.3 is 14.6 Å². The number of rotatable bonds is 4.